The van der Waals surface area contributed by atoms with E-state index in [2.05, 4.69) is 31.6 Å². The maximum atomic E-state index is 15.1. The number of aliphatic hydroxyl groups is 1. The Morgan fingerprint density at radius 3 is 2.12 bits per heavy atom. The lowest BCUT2D eigenvalue weighted by molar-refractivity contribution is -0.165. The van der Waals surface area contributed by atoms with Crippen LogP contribution in [0, 0.1) is 5.92 Å². The molecule has 4 rings (SSSR count). The second-order valence-corrected chi connectivity index (χ2v) is 18.8. The number of esters is 1. The second-order valence-electron chi connectivity index (χ2n) is 18.8. The van der Waals surface area contributed by atoms with Crippen LogP contribution in [0.1, 0.15) is 103 Å². The monoisotopic (exact) mass is 1020 g/mol. The van der Waals surface area contributed by atoms with Crippen molar-refractivity contribution < 1.29 is 63.2 Å². The third kappa shape index (κ3) is 17.5. The maximum absolute atomic E-state index is 15.1. The largest absolute Gasteiger partial charge is 0.508 e. The number of benzene rings is 2. The highest BCUT2D eigenvalue weighted by Crippen LogP contribution is 2.26. The van der Waals surface area contributed by atoms with Gasteiger partial charge in [0.1, 0.15) is 60.4 Å². The van der Waals surface area contributed by atoms with E-state index in [-0.39, 0.29) is 63.2 Å². The van der Waals surface area contributed by atoms with Crippen molar-refractivity contribution in [3.05, 3.63) is 65.7 Å². The number of guanidine groups is 1. The second kappa shape index (κ2) is 28.1. The number of hydrogen-bond acceptors (Lipinski definition) is 13. The number of carbonyl (C=O) groups is 9. The van der Waals surface area contributed by atoms with Crippen LogP contribution >= 0.6 is 0 Å². The summed E-state index contributed by atoms with van der Waals surface area (Å²) in [6.07, 6.45) is -2.67. The molecule has 12 N–H and O–H groups in total. The Kier molecular flexibility index (Phi) is 22.4. The van der Waals surface area contributed by atoms with Gasteiger partial charge in [-0.05, 0) is 74.6 Å². The van der Waals surface area contributed by atoms with Crippen molar-refractivity contribution in [1.29, 1.82) is 0 Å². The van der Waals surface area contributed by atoms with Crippen LogP contribution < -0.4 is 38.1 Å². The number of likely N-dealkylation sites (N-methyl/N-ethyl adjacent to an activating group) is 1. The number of piperidine rings is 1. The van der Waals surface area contributed by atoms with Crippen LogP contribution in [0.4, 0.5) is 0 Å². The standard InChI is InChI=1S/C50H72N10O13/c1-6-7-9-16-38(62)54-34(22-24-40(64)65)44(67)58-42-29(4)73-49(72)41(28(2)3)57-45(68)36(26-31-17-19-32(61)20-18-31)59(5)48(71)37(27-30-13-10-8-11-14-30)60-39(63)23-21-35(47(60)70)56-43(66)33(55-46(42)69)15-12-25-53-50(51)52/h8,10-11,13-14,17-20,28-29,33-37,39,41-42,61,63H,6-7,9,12,15-16,21-27H2,1-5H3,(H,54,62)(H,55,69)(H,56,66)(H,57,68)(H,58,67)(H,64,65)(H4,51,52,53). The highest BCUT2D eigenvalue weighted by molar-refractivity contribution is 5.98. The van der Waals surface area contributed by atoms with E-state index in [1.165, 1.54) is 38.2 Å². The molecule has 2 aliphatic rings. The number of unbranched alkanes of at least 4 members (excludes halogenated alkanes) is 2. The Morgan fingerprint density at radius 2 is 1.49 bits per heavy atom. The molecule has 2 fully saturated rings. The van der Waals surface area contributed by atoms with Gasteiger partial charge in [0.15, 0.2) is 5.96 Å². The number of fused-ring (bicyclic) bond motifs is 2. The van der Waals surface area contributed by atoms with Crippen LogP contribution in [0.3, 0.4) is 0 Å². The average Bonchev–Trinajstić information content (AvgIpc) is 3.34. The maximum Gasteiger partial charge on any atom is 0.329 e. The minimum atomic E-state index is -1.84. The Morgan fingerprint density at radius 1 is 0.836 bits per heavy atom. The molecular weight excluding hydrogens is 949 g/mol. The van der Waals surface area contributed by atoms with E-state index in [4.69, 9.17) is 16.2 Å². The number of ether oxygens (including phenoxy) is 1. The number of carboxylic acid groups (broad SMARTS) is 1. The number of amides is 7. The zero-order chi connectivity index (χ0) is 53.9. The predicted molar refractivity (Wildman–Crippen MR) is 265 cm³/mol. The molecule has 0 spiro atoms. The van der Waals surface area contributed by atoms with E-state index in [0.717, 1.165) is 16.2 Å². The summed E-state index contributed by atoms with van der Waals surface area (Å²) in [5, 5.41) is 44.2. The number of aliphatic hydroxyl groups excluding tert-OH is 1. The van der Waals surface area contributed by atoms with Gasteiger partial charge in [-0.1, -0.05) is 76.1 Å². The lowest BCUT2D eigenvalue weighted by atomic mass is 9.95. The number of hydrogen-bond donors (Lipinski definition) is 10. The molecule has 2 bridgehead atoms. The fraction of sp³-hybridized carbons (Fsp3) is 0.560. The summed E-state index contributed by atoms with van der Waals surface area (Å²) in [7, 11) is 1.34. The molecule has 2 aromatic rings. The van der Waals surface area contributed by atoms with Gasteiger partial charge < -0.3 is 67.9 Å². The predicted octanol–water partition coefficient (Wildman–Crippen LogP) is -0.162. The van der Waals surface area contributed by atoms with Crippen molar-refractivity contribution in [3.63, 3.8) is 0 Å². The fourth-order valence-corrected chi connectivity index (χ4v) is 8.56. The molecule has 2 heterocycles. The Balaban J connectivity index is 1.88. The first kappa shape index (κ1) is 58.3. The molecule has 2 aliphatic heterocycles. The summed E-state index contributed by atoms with van der Waals surface area (Å²) in [6.45, 7) is 6.39. The molecular formula is C50H72N10O13. The topological polar surface area (TPSA) is 355 Å². The number of phenols is 1. The first-order valence-corrected chi connectivity index (χ1v) is 24.7. The number of aliphatic imine (C=N–C) groups is 1. The number of phenolic OH excluding ortho intramolecular Hbond substituents is 1. The molecule has 9 unspecified atom stereocenters. The SMILES string of the molecule is CCCCCC(=O)NC(CCC(=O)O)C(=O)NC1C(=O)NC(CCCN=C(N)N)C(=O)NC2CCC(O)N(C2=O)C(Cc2ccccc2)C(=O)N(C)C(Cc2ccc(O)cc2)C(=O)NC(C(C)C)C(=O)OC1C. The van der Waals surface area contributed by atoms with E-state index < -0.39 is 127 Å². The van der Waals surface area contributed by atoms with E-state index >= 15 is 4.79 Å². The fourth-order valence-electron chi connectivity index (χ4n) is 8.56. The van der Waals surface area contributed by atoms with E-state index in [1.54, 1.807) is 44.2 Å². The molecule has 2 saturated heterocycles. The summed E-state index contributed by atoms with van der Waals surface area (Å²) >= 11 is 0. The van der Waals surface area contributed by atoms with Gasteiger partial charge in [0, 0.05) is 39.3 Å². The highest BCUT2D eigenvalue weighted by atomic mass is 16.5. The molecule has 0 aromatic heterocycles. The van der Waals surface area contributed by atoms with E-state index in [1.807, 2.05) is 6.92 Å². The summed E-state index contributed by atoms with van der Waals surface area (Å²) in [5.74, 6) is -9.40. The Bertz CT molecular complexity index is 2280. The van der Waals surface area contributed by atoms with Crippen LogP contribution in [0.25, 0.3) is 0 Å². The molecule has 400 valence electrons. The molecule has 7 amide bonds. The lowest BCUT2D eigenvalue weighted by Crippen LogP contribution is -2.65. The molecule has 0 radical (unpaired) electrons. The van der Waals surface area contributed by atoms with Gasteiger partial charge in [-0.15, -0.1) is 0 Å². The summed E-state index contributed by atoms with van der Waals surface area (Å²) in [5.41, 5.74) is 12.1. The lowest BCUT2D eigenvalue weighted by Gasteiger charge is -2.43. The van der Waals surface area contributed by atoms with Gasteiger partial charge in [0.25, 0.3) is 0 Å². The zero-order valence-electron chi connectivity index (χ0n) is 42.1. The highest BCUT2D eigenvalue weighted by Gasteiger charge is 2.46. The van der Waals surface area contributed by atoms with Crippen LogP contribution in [-0.2, 0) is 60.7 Å². The molecule has 0 aliphatic carbocycles. The van der Waals surface area contributed by atoms with Crippen molar-refractivity contribution in [1.82, 2.24) is 36.4 Å². The number of aromatic hydroxyl groups is 1. The minimum absolute atomic E-state index is 0.00541. The third-order valence-corrected chi connectivity index (χ3v) is 12.7. The number of cyclic esters (lactones) is 1. The van der Waals surface area contributed by atoms with Crippen molar-refractivity contribution >= 4 is 59.2 Å². The van der Waals surface area contributed by atoms with Crippen molar-refractivity contribution in [2.45, 2.75) is 159 Å². The molecule has 73 heavy (non-hydrogen) atoms. The number of nitrogens with one attached hydrogen (secondary N) is 5. The molecule has 9 atom stereocenters. The van der Waals surface area contributed by atoms with Gasteiger partial charge in [0.2, 0.25) is 41.4 Å². The van der Waals surface area contributed by atoms with Crippen LogP contribution in [-0.4, -0.2) is 153 Å². The molecule has 23 nitrogen and oxygen atoms in total. The Hall–Kier alpha value is -7.30. The quantitative estimate of drug-likeness (QED) is 0.0378. The van der Waals surface area contributed by atoms with Gasteiger partial charge in [-0.2, -0.15) is 0 Å². The minimum Gasteiger partial charge on any atom is -0.508 e. The number of aliphatic carboxylic acids is 1. The van der Waals surface area contributed by atoms with Gasteiger partial charge in [-0.3, -0.25) is 43.3 Å². The first-order valence-electron chi connectivity index (χ1n) is 24.7. The van der Waals surface area contributed by atoms with Crippen molar-refractivity contribution in [3.8, 4) is 5.75 Å². The van der Waals surface area contributed by atoms with Gasteiger partial charge >= 0.3 is 11.9 Å². The summed E-state index contributed by atoms with van der Waals surface area (Å²) in [6, 6.07) is 3.98. The zero-order valence-corrected chi connectivity index (χ0v) is 42.1. The number of rotatable bonds is 19. The summed E-state index contributed by atoms with van der Waals surface area (Å²) in [4.78, 5) is 133. The summed E-state index contributed by atoms with van der Waals surface area (Å²) < 4.78 is 5.87. The van der Waals surface area contributed by atoms with Crippen LogP contribution in [0.15, 0.2) is 59.6 Å². The van der Waals surface area contributed by atoms with Crippen molar-refractivity contribution in [2.75, 3.05) is 13.6 Å². The smallest absolute Gasteiger partial charge is 0.329 e. The van der Waals surface area contributed by atoms with Crippen LogP contribution in [0.2, 0.25) is 0 Å². The normalized spacial score (nSPS) is 23.9. The molecule has 2 aromatic carbocycles. The van der Waals surface area contributed by atoms with E-state index in [0.29, 0.717) is 24.0 Å². The van der Waals surface area contributed by atoms with E-state index in [9.17, 15) is 53.7 Å². The first-order chi connectivity index (χ1) is 34.6. The molecule has 0 saturated carbocycles. The Labute approximate surface area is 424 Å². The number of nitrogens with two attached hydrogens (primary N) is 2. The van der Waals surface area contributed by atoms with Crippen LogP contribution in [0.5, 0.6) is 5.75 Å². The number of carbonyl (C=O) groups excluding carboxylic acids is 8. The number of nitrogens with zero attached hydrogens (tertiary/aromatic N) is 3. The number of carboxylic acids is 1. The van der Waals surface area contributed by atoms with Gasteiger partial charge in [0.05, 0.1) is 0 Å². The molecule has 23 heteroatoms. The third-order valence-electron chi connectivity index (χ3n) is 12.7. The van der Waals surface area contributed by atoms with Crippen molar-refractivity contribution in [2.24, 2.45) is 22.4 Å². The van der Waals surface area contributed by atoms with Gasteiger partial charge in [-0.25, -0.2) is 4.79 Å². The average molecular weight is 1020 g/mol.